The molecule has 0 unspecified atom stereocenters. The van der Waals surface area contributed by atoms with Gasteiger partial charge in [-0.2, -0.15) is 0 Å². The smallest absolute Gasteiger partial charge is 0.288 e. The van der Waals surface area contributed by atoms with Crippen LogP contribution < -0.4 is 4.90 Å². The average Bonchev–Trinajstić information content (AvgIpc) is 2.76. The summed E-state index contributed by atoms with van der Waals surface area (Å²) in [5.41, 5.74) is 1.01. The van der Waals surface area contributed by atoms with Crippen molar-refractivity contribution < 1.29 is 14.5 Å². The molecule has 1 N–H and O–H groups in total. The molecule has 1 aromatic carbocycles. The number of rotatable bonds is 7. The molecule has 0 bridgehead atoms. The number of carbonyl (C=O) groups excluding carboxylic acids is 2. The fraction of sp³-hybridized carbons (Fsp3) is 0.529. The van der Waals surface area contributed by atoms with Crippen LogP contribution in [0.4, 0.5) is 0 Å². The Morgan fingerprint density at radius 2 is 1.71 bits per heavy atom. The number of amides is 2. The number of likely N-dealkylation sites (tertiary alicyclic amines) is 1. The van der Waals surface area contributed by atoms with Gasteiger partial charge >= 0.3 is 0 Å². The van der Waals surface area contributed by atoms with E-state index in [0.29, 0.717) is 13.0 Å². The Bertz CT molecular complexity index is 481. The second-order valence-corrected chi connectivity index (χ2v) is 5.72. The van der Waals surface area contributed by atoms with E-state index in [0.717, 1.165) is 31.5 Å². The van der Waals surface area contributed by atoms with Crippen LogP contribution >= 0.6 is 0 Å². The Hall–Kier alpha value is -1.68. The molecule has 1 aromatic rings. The molecule has 1 saturated heterocycles. The lowest BCUT2D eigenvalue weighted by Gasteiger charge is -2.23. The second-order valence-electron chi connectivity index (χ2n) is 5.72. The summed E-state index contributed by atoms with van der Waals surface area (Å²) in [6.07, 6.45) is 2.43. The van der Waals surface area contributed by atoms with E-state index in [2.05, 4.69) is 13.8 Å². The van der Waals surface area contributed by atoms with Gasteiger partial charge in [0.1, 0.15) is 0 Å². The summed E-state index contributed by atoms with van der Waals surface area (Å²) in [5, 5.41) is 0. The first kappa shape index (κ1) is 15.7. The summed E-state index contributed by atoms with van der Waals surface area (Å²) in [6.45, 7) is 6.56. The van der Waals surface area contributed by atoms with Gasteiger partial charge in [0, 0.05) is 0 Å². The first-order chi connectivity index (χ1) is 10.2. The van der Waals surface area contributed by atoms with Crippen molar-refractivity contribution in [2.45, 2.75) is 45.7 Å². The van der Waals surface area contributed by atoms with Crippen molar-refractivity contribution in [2.75, 3.05) is 13.1 Å². The number of benzene rings is 1. The largest absolute Gasteiger partial charge is 0.324 e. The van der Waals surface area contributed by atoms with Crippen molar-refractivity contribution in [3.8, 4) is 0 Å². The highest BCUT2D eigenvalue weighted by molar-refractivity contribution is 6.04. The summed E-state index contributed by atoms with van der Waals surface area (Å²) in [4.78, 5) is 27.5. The van der Waals surface area contributed by atoms with Gasteiger partial charge in [0.25, 0.3) is 5.91 Å². The number of carbonyl (C=O) groups is 2. The maximum Gasteiger partial charge on any atom is 0.288 e. The van der Waals surface area contributed by atoms with E-state index >= 15 is 0 Å². The Labute approximate surface area is 126 Å². The van der Waals surface area contributed by atoms with Crippen LogP contribution in [0, 0.1) is 0 Å². The minimum absolute atomic E-state index is 0.000697. The molecule has 1 heterocycles. The predicted octanol–water partition coefficient (Wildman–Crippen LogP) is 1.02. The van der Waals surface area contributed by atoms with Gasteiger partial charge in [0.2, 0.25) is 5.91 Å². The number of hydrogen-bond acceptors (Lipinski definition) is 2. The second kappa shape index (κ2) is 7.36. The minimum atomic E-state index is -0.180. The quantitative estimate of drug-likeness (QED) is 0.762. The van der Waals surface area contributed by atoms with E-state index in [1.54, 1.807) is 0 Å². The van der Waals surface area contributed by atoms with Crippen molar-refractivity contribution in [1.29, 1.82) is 0 Å². The molecular formula is C17H25N2O2+. The van der Waals surface area contributed by atoms with E-state index in [4.69, 9.17) is 0 Å². The van der Waals surface area contributed by atoms with Crippen LogP contribution in [0.1, 0.15) is 38.7 Å². The first-order valence-corrected chi connectivity index (χ1v) is 7.90. The molecule has 4 nitrogen and oxygen atoms in total. The molecule has 2 amide bonds. The lowest BCUT2D eigenvalue weighted by atomic mass is 10.2. The highest BCUT2D eigenvalue weighted by Crippen LogP contribution is 2.15. The van der Waals surface area contributed by atoms with Crippen LogP contribution in [0.5, 0.6) is 0 Å². The zero-order valence-electron chi connectivity index (χ0n) is 13.0. The summed E-state index contributed by atoms with van der Waals surface area (Å²) in [5.74, 6) is -0.0284. The maximum absolute atomic E-state index is 12.6. The summed E-state index contributed by atoms with van der Waals surface area (Å²) >= 11 is 0. The number of nitrogens with one attached hydrogen (secondary N) is 1. The first-order valence-electron chi connectivity index (χ1n) is 7.90. The van der Waals surface area contributed by atoms with E-state index in [1.807, 2.05) is 30.3 Å². The molecule has 21 heavy (non-hydrogen) atoms. The maximum atomic E-state index is 12.6. The Morgan fingerprint density at radius 1 is 1.10 bits per heavy atom. The summed E-state index contributed by atoms with van der Waals surface area (Å²) < 4.78 is 0. The average molecular weight is 289 g/mol. The van der Waals surface area contributed by atoms with E-state index in [-0.39, 0.29) is 17.9 Å². The van der Waals surface area contributed by atoms with Gasteiger partial charge in [0.05, 0.1) is 26.1 Å². The van der Waals surface area contributed by atoms with Gasteiger partial charge in [-0.05, 0) is 18.4 Å². The Balaban J connectivity index is 2.08. The van der Waals surface area contributed by atoms with Gasteiger partial charge < -0.3 is 4.90 Å². The van der Waals surface area contributed by atoms with Gasteiger partial charge in [-0.1, -0.05) is 44.2 Å². The van der Waals surface area contributed by atoms with Crippen molar-refractivity contribution >= 4 is 11.8 Å². The molecule has 1 aliphatic heterocycles. The van der Waals surface area contributed by atoms with E-state index < -0.39 is 0 Å². The SMILES string of the molecule is CCC[NH+](CCC)[C@@H]1CC(=O)N(Cc2ccccc2)C1=O. The molecule has 2 rings (SSSR count). The molecule has 0 aliphatic carbocycles. The van der Waals surface area contributed by atoms with Crippen LogP contribution in [0.2, 0.25) is 0 Å². The molecule has 0 saturated carbocycles. The summed E-state index contributed by atoms with van der Waals surface area (Å²) in [7, 11) is 0. The Kier molecular flexibility index (Phi) is 5.51. The molecule has 0 spiro atoms. The number of hydrogen-bond donors (Lipinski definition) is 1. The van der Waals surface area contributed by atoms with Crippen LogP contribution in [-0.2, 0) is 16.1 Å². The van der Waals surface area contributed by atoms with Gasteiger partial charge in [0.15, 0.2) is 6.04 Å². The molecular weight excluding hydrogens is 264 g/mol. The third-order valence-corrected chi connectivity index (χ3v) is 4.06. The fourth-order valence-electron chi connectivity index (χ4n) is 3.05. The van der Waals surface area contributed by atoms with Crippen molar-refractivity contribution in [3.63, 3.8) is 0 Å². The van der Waals surface area contributed by atoms with E-state index in [1.165, 1.54) is 9.80 Å². The molecule has 0 radical (unpaired) electrons. The van der Waals surface area contributed by atoms with E-state index in [9.17, 15) is 9.59 Å². The predicted molar refractivity (Wildman–Crippen MR) is 81.7 cm³/mol. The van der Waals surface area contributed by atoms with Gasteiger partial charge in [-0.25, -0.2) is 0 Å². The lowest BCUT2D eigenvalue weighted by Crippen LogP contribution is -3.16. The molecule has 114 valence electrons. The normalized spacial score (nSPS) is 18.8. The Morgan fingerprint density at radius 3 is 2.29 bits per heavy atom. The zero-order chi connectivity index (χ0) is 15.2. The van der Waals surface area contributed by atoms with Crippen LogP contribution in [0.15, 0.2) is 30.3 Å². The molecule has 0 aromatic heterocycles. The van der Waals surface area contributed by atoms with Crippen LogP contribution in [0.25, 0.3) is 0 Å². The lowest BCUT2D eigenvalue weighted by molar-refractivity contribution is -0.915. The van der Waals surface area contributed by atoms with Crippen molar-refractivity contribution in [1.82, 2.24) is 4.90 Å². The van der Waals surface area contributed by atoms with Gasteiger partial charge in [-0.3, -0.25) is 14.5 Å². The standard InChI is InChI=1S/C17H24N2O2/c1-3-10-18(11-4-2)15-12-16(20)19(17(15)21)13-14-8-6-5-7-9-14/h5-9,15H,3-4,10-13H2,1-2H3/p+1/t15-/m1/s1. The third kappa shape index (κ3) is 3.70. The highest BCUT2D eigenvalue weighted by atomic mass is 16.2. The highest BCUT2D eigenvalue weighted by Gasteiger charge is 2.44. The molecule has 1 atom stereocenters. The van der Waals surface area contributed by atoms with Crippen molar-refractivity contribution in [2.24, 2.45) is 0 Å². The molecule has 1 aliphatic rings. The minimum Gasteiger partial charge on any atom is -0.324 e. The fourth-order valence-corrected chi connectivity index (χ4v) is 3.05. The molecule has 1 fully saturated rings. The third-order valence-electron chi connectivity index (χ3n) is 4.06. The zero-order valence-corrected chi connectivity index (χ0v) is 13.0. The topological polar surface area (TPSA) is 41.8 Å². The number of quaternary nitrogens is 1. The van der Waals surface area contributed by atoms with Gasteiger partial charge in [-0.15, -0.1) is 0 Å². The molecule has 4 heteroatoms. The van der Waals surface area contributed by atoms with Crippen molar-refractivity contribution in [3.05, 3.63) is 35.9 Å². The van der Waals surface area contributed by atoms with Crippen LogP contribution in [-0.4, -0.2) is 35.8 Å². The summed E-state index contributed by atoms with van der Waals surface area (Å²) in [6, 6.07) is 9.54. The number of nitrogens with zero attached hydrogens (tertiary/aromatic N) is 1. The number of imide groups is 1. The monoisotopic (exact) mass is 289 g/mol. The van der Waals surface area contributed by atoms with Crippen LogP contribution in [0.3, 0.4) is 0 Å².